The van der Waals surface area contributed by atoms with Crippen LogP contribution in [-0.2, 0) is 14.8 Å². The highest BCUT2D eigenvalue weighted by atomic mass is 32.2. The summed E-state index contributed by atoms with van der Waals surface area (Å²) in [5.41, 5.74) is 2.35. The first kappa shape index (κ1) is 19.9. The van der Waals surface area contributed by atoms with E-state index < -0.39 is 10.0 Å². The van der Waals surface area contributed by atoms with Crippen molar-refractivity contribution in [3.05, 3.63) is 23.3 Å². The molecule has 1 amide bonds. The summed E-state index contributed by atoms with van der Waals surface area (Å²) < 4.78 is 27.0. The van der Waals surface area contributed by atoms with E-state index >= 15 is 0 Å². The minimum atomic E-state index is -3.55. The maximum Gasteiger partial charge on any atom is 0.243 e. The van der Waals surface area contributed by atoms with E-state index in [4.69, 9.17) is 0 Å². The largest absolute Gasteiger partial charge is 0.326 e. The Hall–Kier alpha value is -1.44. The van der Waals surface area contributed by atoms with Crippen molar-refractivity contribution in [3.8, 4) is 0 Å². The molecule has 0 spiro atoms. The van der Waals surface area contributed by atoms with Gasteiger partial charge in [0.2, 0.25) is 15.9 Å². The molecule has 0 unspecified atom stereocenters. The molecule has 7 heteroatoms. The molecule has 0 aromatic heterocycles. The van der Waals surface area contributed by atoms with E-state index in [-0.39, 0.29) is 16.7 Å². The van der Waals surface area contributed by atoms with Gasteiger partial charge >= 0.3 is 0 Å². The number of nitrogens with one attached hydrogen (secondary N) is 2. The molecule has 6 nitrogen and oxygen atoms in total. The molecule has 1 aliphatic heterocycles. The minimum Gasteiger partial charge on any atom is -0.326 e. The highest BCUT2D eigenvalue weighted by Crippen LogP contribution is 2.27. The molecule has 140 valence electrons. The van der Waals surface area contributed by atoms with Gasteiger partial charge in [0, 0.05) is 24.7 Å². The summed E-state index contributed by atoms with van der Waals surface area (Å²) in [6.45, 7) is 9.94. The monoisotopic (exact) mass is 367 g/mol. The highest BCUT2D eigenvalue weighted by Gasteiger charge is 2.25. The summed E-state index contributed by atoms with van der Waals surface area (Å²) in [5.74, 6) is -0.0506. The molecule has 0 aliphatic carbocycles. The van der Waals surface area contributed by atoms with Crippen LogP contribution in [0.3, 0.4) is 0 Å². The first-order valence-electron chi connectivity index (χ1n) is 8.94. The summed E-state index contributed by atoms with van der Waals surface area (Å²) in [4.78, 5) is 12.8. The topological polar surface area (TPSA) is 78.5 Å². The van der Waals surface area contributed by atoms with Crippen molar-refractivity contribution in [3.63, 3.8) is 0 Å². The third kappa shape index (κ3) is 4.40. The zero-order chi connectivity index (χ0) is 18.6. The molecular formula is C18H29N3O3S. The number of nitrogens with zero attached hydrogens (tertiary/aromatic N) is 1. The fourth-order valence-electron chi connectivity index (χ4n) is 3.14. The Morgan fingerprint density at radius 1 is 1.20 bits per heavy atom. The Labute approximate surface area is 151 Å². The van der Waals surface area contributed by atoms with Gasteiger partial charge in [-0.1, -0.05) is 13.8 Å². The van der Waals surface area contributed by atoms with Crippen LogP contribution in [0.1, 0.15) is 37.8 Å². The summed E-state index contributed by atoms with van der Waals surface area (Å²) in [6, 6.07) is 3.28. The molecule has 0 radical (unpaired) electrons. The molecular weight excluding hydrogens is 338 g/mol. The average molecular weight is 368 g/mol. The molecule has 1 aliphatic rings. The van der Waals surface area contributed by atoms with E-state index in [1.165, 1.54) is 4.31 Å². The van der Waals surface area contributed by atoms with Crippen molar-refractivity contribution in [1.82, 2.24) is 9.62 Å². The summed E-state index contributed by atoms with van der Waals surface area (Å²) in [7, 11) is -3.55. The lowest BCUT2D eigenvalue weighted by atomic mass is 9.97. The molecule has 1 aromatic carbocycles. The zero-order valence-corrected chi connectivity index (χ0v) is 16.4. The number of rotatable bonds is 6. The van der Waals surface area contributed by atoms with Crippen LogP contribution >= 0.6 is 0 Å². The molecule has 0 saturated carbocycles. The standard InChI is InChI=1S/C18H29N3O3S/c1-5-21(6-2)25(23,24)16-11-13(3)14(4)17(12-16)20-18(22)15-7-9-19-10-8-15/h11-12,15,19H,5-10H2,1-4H3,(H,20,22). The molecule has 2 N–H and O–H groups in total. The number of carbonyl (C=O) groups is 1. The summed E-state index contributed by atoms with van der Waals surface area (Å²) in [6.07, 6.45) is 1.61. The van der Waals surface area contributed by atoms with Crippen molar-refractivity contribution in [2.45, 2.75) is 45.4 Å². The lowest BCUT2D eigenvalue weighted by Gasteiger charge is -2.23. The van der Waals surface area contributed by atoms with Gasteiger partial charge in [0.05, 0.1) is 4.90 Å². The van der Waals surface area contributed by atoms with Gasteiger partial charge in [-0.2, -0.15) is 4.31 Å². The first-order chi connectivity index (χ1) is 11.8. The smallest absolute Gasteiger partial charge is 0.243 e. The average Bonchev–Trinajstić information content (AvgIpc) is 2.60. The molecule has 25 heavy (non-hydrogen) atoms. The number of amides is 1. The fourth-order valence-corrected chi connectivity index (χ4v) is 4.71. The Kier molecular flexibility index (Phi) is 6.59. The quantitative estimate of drug-likeness (QED) is 0.808. The van der Waals surface area contributed by atoms with Crippen LogP contribution in [0, 0.1) is 19.8 Å². The second-order valence-corrected chi connectivity index (χ2v) is 8.45. The van der Waals surface area contributed by atoms with Crippen LogP contribution in [-0.4, -0.2) is 44.8 Å². The van der Waals surface area contributed by atoms with E-state index in [1.807, 2.05) is 27.7 Å². The number of aryl methyl sites for hydroxylation is 1. The van der Waals surface area contributed by atoms with Gasteiger partial charge in [-0.25, -0.2) is 8.42 Å². The van der Waals surface area contributed by atoms with E-state index in [1.54, 1.807) is 12.1 Å². The number of carbonyl (C=O) groups excluding carboxylic acids is 1. The van der Waals surface area contributed by atoms with Gasteiger partial charge in [-0.3, -0.25) is 4.79 Å². The summed E-state index contributed by atoms with van der Waals surface area (Å²) >= 11 is 0. The van der Waals surface area contributed by atoms with Crippen LogP contribution < -0.4 is 10.6 Å². The Balaban J connectivity index is 2.33. The van der Waals surface area contributed by atoms with Gasteiger partial charge < -0.3 is 10.6 Å². The third-order valence-corrected chi connectivity index (χ3v) is 6.98. The van der Waals surface area contributed by atoms with Crippen LogP contribution in [0.15, 0.2) is 17.0 Å². The number of hydrogen-bond acceptors (Lipinski definition) is 4. The van der Waals surface area contributed by atoms with Crippen LogP contribution in [0.4, 0.5) is 5.69 Å². The van der Waals surface area contributed by atoms with Crippen molar-refractivity contribution in [1.29, 1.82) is 0 Å². The van der Waals surface area contributed by atoms with Gasteiger partial charge in [-0.05, 0) is 63.0 Å². The van der Waals surface area contributed by atoms with E-state index in [0.717, 1.165) is 37.1 Å². The molecule has 1 saturated heterocycles. The molecule has 2 rings (SSSR count). The van der Waals surface area contributed by atoms with Crippen molar-refractivity contribution < 1.29 is 13.2 Å². The number of anilines is 1. The number of piperidine rings is 1. The van der Waals surface area contributed by atoms with Crippen LogP contribution in [0.5, 0.6) is 0 Å². The lowest BCUT2D eigenvalue weighted by molar-refractivity contribution is -0.120. The summed E-state index contributed by atoms with van der Waals surface area (Å²) in [5, 5.41) is 6.20. The van der Waals surface area contributed by atoms with Gasteiger partial charge in [-0.15, -0.1) is 0 Å². The normalized spacial score (nSPS) is 16.2. The maximum atomic E-state index is 12.8. The number of hydrogen-bond donors (Lipinski definition) is 2. The Morgan fingerprint density at radius 3 is 2.36 bits per heavy atom. The molecule has 0 bridgehead atoms. The van der Waals surface area contributed by atoms with Crippen molar-refractivity contribution in [2.24, 2.45) is 5.92 Å². The van der Waals surface area contributed by atoms with Gasteiger partial charge in [0.15, 0.2) is 0 Å². The molecule has 1 fully saturated rings. The first-order valence-corrected chi connectivity index (χ1v) is 10.4. The minimum absolute atomic E-state index is 0.0241. The van der Waals surface area contributed by atoms with Crippen LogP contribution in [0.2, 0.25) is 0 Å². The fraction of sp³-hybridized carbons (Fsp3) is 0.611. The highest BCUT2D eigenvalue weighted by molar-refractivity contribution is 7.89. The molecule has 0 atom stereocenters. The second-order valence-electron chi connectivity index (χ2n) is 6.52. The number of sulfonamides is 1. The van der Waals surface area contributed by atoms with Crippen molar-refractivity contribution >= 4 is 21.6 Å². The van der Waals surface area contributed by atoms with Crippen molar-refractivity contribution in [2.75, 3.05) is 31.5 Å². The van der Waals surface area contributed by atoms with Gasteiger partial charge in [0.25, 0.3) is 0 Å². The molecule has 1 heterocycles. The number of benzene rings is 1. The third-order valence-electron chi connectivity index (χ3n) is 4.95. The second kappa shape index (κ2) is 8.29. The molecule has 1 aromatic rings. The zero-order valence-electron chi connectivity index (χ0n) is 15.6. The van der Waals surface area contributed by atoms with Crippen LogP contribution in [0.25, 0.3) is 0 Å². The SMILES string of the molecule is CCN(CC)S(=O)(=O)c1cc(C)c(C)c(NC(=O)C2CCNCC2)c1. The Bertz CT molecular complexity index is 721. The van der Waals surface area contributed by atoms with E-state index in [0.29, 0.717) is 18.8 Å². The maximum absolute atomic E-state index is 12.8. The Morgan fingerprint density at radius 2 is 1.80 bits per heavy atom. The predicted octanol–water partition coefficient (Wildman–Crippen LogP) is 2.27. The van der Waals surface area contributed by atoms with E-state index in [9.17, 15) is 13.2 Å². The lowest BCUT2D eigenvalue weighted by Crippen LogP contribution is -2.35. The van der Waals surface area contributed by atoms with Gasteiger partial charge in [0.1, 0.15) is 0 Å². The van der Waals surface area contributed by atoms with E-state index in [2.05, 4.69) is 10.6 Å². The predicted molar refractivity (Wildman–Crippen MR) is 100 cm³/mol.